The van der Waals surface area contributed by atoms with Gasteiger partial charge in [0, 0.05) is 6.42 Å². The van der Waals surface area contributed by atoms with E-state index in [1.54, 1.807) is 0 Å². The second-order valence-electron chi connectivity index (χ2n) is 3.55. The van der Waals surface area contributed by atoms with Crippen molar-refractivity contribution in [2.75, 3.05) is 6.61 Å². The maximum atomic E-state index is 5.76. The van der Waals surface area contributed by atoms with Crippen molar-refractivity contribution in [1.82, 2.24) is 0 Å². The van der Waals surface area contributed by atoms with Crippen molar-refractivity contribution in [2.24, 2.45) is 5.90 Å². The van der Waals surface area contributed by atoms with Crippen molar-refractivity contribution < 1.29 is 9.57 Å². The highest BCUT2D eigenvalue weighted by atomic mass is 16.6. The summed E-state index contributed by atoms with van der Waals surface area (Å²) < 4.78 is 5.76. The third kappa shape index (κ3) is 2.47. The molecule has 0 heterocycles. The summed E-state index contributed by atoms with van der Waals surface area (Å²) in [6.07, 6.45) is 3.61. The number of hydrogen-bond donors (Lipinski definition) is 1. The second-order valence-corrected chi connectivity index (χ2v) is 3.55. The van der Waals surface area contributed by atoms with Gasteiger partial charge in [-0.3, -0.25) is 0 Å². The van der Waals surface area contributed by atoms with Gasteiger partial charge in [0.25, 0.3) is 0 Å². The quantitative estimate of drug-likeness (QED) is 0.723. The fourth-order valence-electron chi connectivity index (χ4n) is 1.36. The van der Waals surface area contributed by atoms with E-state index in [0.717, 1.165) is 12.2 Å². The van der Waals surface area contributed by atoms with Crippen LogP contribution in [-0.2, 0) is 11.3 Å². The molecule has 1 aliphatic carbocycles. The fourth-order valence-corrected chi connectivity index (χ4v) is 1.36. The predicted molar refractivity (Wildman–Crippen MR) is 53.9 cm³/mol. The molecule has 1 aromatic rings. The Labute approximate surface area is 83.8 Å². The zero-order chi connectivity index (χ0) is 9.80. The van der Waals surface area contributed by atoms with Gasteiger partial charge in [-0.1, -0.05) is 18.2 Å². The minimum absolute atomic E-state index is 0.440. The maximum absolute atomic E-state index is 5.76. The highest BCUT2D eigenvalue weighted by Gasteiger charge is 2.24. The van der Waals surface area contributed by atoms with Crippen molar-refractivity contribution in [3.05, 3.63) is 29.8 Å². The van der Waals surface area contributed by atoms with Gasteiger partial charge in [0.05, 0.1) is 12.7 Å². The van der Waals surface area contributed by atoms with Crippen LogP contribution in [0.5, 0.6) is 5.75 Å². The van der Waals surface area contributed by atoms with Crippen LogP contribution in [0.15, 0.2) is 24.3 Å². The first-order valence-electron chi connectivity index (χ1n) is 4.96. The molecule has 0 unspecified atom stereocenters. The summed E-state index contributed by atoms with van der Waals surface area (Å²) in [6, 6.07) is 8.05. The lowest BCUT2D eigenvalue weighted by Crippen LogP contribution is -2.06. The zero-order valence-corrected chi connectivity index (χ0v) is 8.11. The largest absolute Gasteiger partial charge is 0.490 e. The monoisotopic (exact) mass is 193 g/mol. The summed E-state index contributed by atoms with van der Waals surface area (Å²) in [5.74, 6) is 5.98. The van der Waals surface area contributed by atoms with Gasteiger partial charge < -0.3 is 9.57 Å². The second kappa shape index (κ2) is 4.44. The Hall–Kier alpha value is -1.06. The highest BCUT2D eigenvalue weighted by Crippen LogP contribution is 2.29. The lowest BCUT2D eigenvalue weighted by molar-refractivity contribution is 0.140. The Morgan fingerprint density at radius 2 is 2.07 bits per heavy atom. The molecular formula is C11H15NO2. The van der Waals surface area contributed by atoms with E-state index in [1.807, 2.05) is 18.2 Å². The van der Waals surface area contributed by atoms with Crippen molar-refractivity contribution in [1.29, 1.82) is 0 Å². The lowest BCUT2D eigenvalue weighted by atomic mass is 10.1. The number of para-hydroxylation sites is 1. The van der Waals surface area contributed by atoms with E-state index in [0.29, 0.717) is 12.7 Å². The molecule has 0 bridgehead atoms. The molecule has 76 valence electrons. The van der Waals surface area contributed by atoms with E-state index in [4.69, 9.17) is 10.6 Å². The first kappa shape index (κ1) is 9.49. The molecule has 1 aliphatic rings. The maximum Gasteiger partial charge on any atom is 0.122 e. The summed E-state index contributed by atoms with van der Waals surface area (Å²) in [6.45, 7) is 0.533. The van der Waals surface area contributed by atoms with Crippen molar-refractivity contribution in [3.63, 3.8) is 0 Å². The molecule has 14 heavy (non-hydrogen) atoms. The topological polar surface area (TPSA) is 44.5 Å². The summed E-state index contributed by atoms with van der Waals surface area (Å²) in [5, 5.41) is 0. The van der Waals surface area contributed by atoms with Crippen LogP contribution in [0.4, 0.5) is 0 Å². The zero-order valence-electron chi connectivity index (χ0n) is 8.11. The number of rotatable bonds is 5. The third-order valence-electron chi connectivity index (χ3n) is 2.28. The average molecular weight is 193 g/mol. The van der Waals surface area contributed by atoms with Crippen LogP contribution in [0, 0.1) is 0 Å². The standard InChI is InChI=1S/C11H15NO2/c12-13-8-7-9-3-1-2-4-11(9)14-10-5-6-10/h1-4,10H,5-8,12H2. The van der Waals surface area contributed by atoms with Gasteiger partial charge in [-0.05, 0) is 24.5 Å². The summed E-state index contributed by atoms with van der Waals surface area (Å²) >= 11 is 0. The molecule has 2 rings (SSSR count). The van der Waals surface area contributed by atoms with Crippen LogP contribution in [0.25, 0.3) is 0 Å². The van der Waals surface area contributed by atoms with E-state index in [-0.39, 0.29) is 0 Å². The van der Waals surface area contributed by atoms with Crippen molar-refractivity contribution in [2.45, 2.75) is 25.4 Å². The average Bonchev–Trinajstić information content (AvgIpc) is 3.01. The molecule has 3 heteroatoms. The molecule has 2 N–H and O–H groups in total. The van der Waals surface area contributed by atoms with E-state index < -0.39 is 0 Å². The molecule has 0 atom stereocenters. The molecule has 0 radical (unpaired) electrons. The Bertz CT molecular complexity index is 297. The molecular weight excluding hydrogens is 178 g/mol. The smallest absolute Gasteiger partial charge is 0.122 e. The third-order valence-corrected chi connectivity index (χ3v) is 2.28. The predicted octanol–water partition coefficient (Wildman–Crippen LogP) is 1.66. The number of ether oxygens (including phenoxy) is 1. The van der Waals surface area contributed by atoms with E-state index in [1.165, 1.54) is 18.4 Å². The van der Waals surface area contributed by atoms with E-state index in [9.17, 15) is 0 Å². The highest BCUT2D eigenvalue weighted by molar-refractivity contribution is 5.33. The van der Waals surface area contributed by atoms with E-state index >= 15 is 0 Å². The molecule has 1 fully saturated rings. The van der Waals surface area contributed by atoms with Crippen LogP contribution < -0.4 is 10.6 Å². The van der Waals surface area contributed by atoms with Gasteiger partial charge in [0.15, 0.2) is 0 Å². The van der Waals surface area contributed by atoms with Gasteiger partial charge in [0.2, 0.25) is 0 Å². The molecule has 0 spiro atoms. The van der Waals surface area contributed by atoms with Gasteiger partial charge in [-0.2, -0.15) is 0 Å². The molecule has 0 amide bonds. The molecule has 0 aromatic heterocycles. The Kier molecular flexibility index (Phi) is 3.01. The van der Waals surface area contributed by atoms with Crippen molar-refractivity contribution in [3.8, 4) is 5.75 Å². The summed E-state index contributed by atoms with van der Waals surface area (Å²) in [7, 11) is 0. The van der Waals surface area contributed by atoms with Crippen LogP contribution >= 0.6 is 0 Å². The summed E-state index contributed by atoms with van der Waals surface area (Å²) in [4.78, 5) is 4.57. The summed E-state index contributed by atoms with van der Waals surface area (Å²) in [5.41, 5.74) is 1.17. The van der Waals surface area contributed by atoms with E-state index in [2.05, 4.69) is 10.9 Å². The number of nitrogens with two attached hydrogens (primary N) is 1. The number of hydrogen-bond acceptors (Lipinski definition) is 3. The van der Waals surface area contributed by atoms with Crippen LogP contribution in [0.2, 0.25) is 0 Å². The SMILES string of the molecule is NOCCc1ccccc1OC1CC1. The van der Waals surface area contributed by atoms with Crippen molar-refractivity contribution >= 4 is 0 Å². The fraction of sp³-hybridized carbons (Fsp3) is 0.455. The molecule has 1 aromatic carbocycles. The Morgan fingerprint density at radius 3 is 2.79 bits per heavy atom. The van der Waals surface area contributed by atoms with Crippen LogP contribution in [0.3, 0.4) is 0 Å². The molecule has 0 saturated heterocycles. The first-order valence-corrected chi connectivity index (χ1v) is 4.96. The van der Waals surface area contributed by atoms with Gasteiger partial charge in [-0.25, -0.2) is 5.90 Å². The Morgan fingerprint density at radius 1 is 1.29 bits per heavy atom. The molecule has 1 saturated carbocycles. The normalized spacial score (nSPS) is 15.5. The lowest BCUT2D eigenvalue weighted by Gasteiger charge is -2.09. The van der Waals surface area contributed by atoms with Gasteiger partial charge >= 0.3 is 0 Å². The molecule has 0 aliphatic heterocycles. The van der Waals surface area contributed by atoms with Gasteiger partial charge in [-0.15, -0.1) is 0 Å². The van der Waals surface area contributed by atoms with Crippen LogP contribution in [-0.4, -0.2) is 12.7 Å². The molecule has 3 nitrogen and oxygen atoms in total. The van der Waals surface area contributed by atoms with Crippen LogP contribution in [0.1, 0.15) is 18.4 Å². The first-order chi connectivity index (χ1) is 6.90. The van der Waals surface area contributed by atoms with Gasteiger partial charge in [0.1, 0.15) is 5.75 Å². The number of benzene rings is 1. The minimum Gasteiger partial charge on any atom is -0.490 e. The Balaban J connectivity index is 2.02. The minimum atomic E-state index is 0.440.